The number of rotatable bonds is 2. The minimum atomic E-state index is -5.18. The number of hydrogen-bond donors (Lipinski definition) is 2. The lowest BCUT2D eigenvalue weighted by Gasteiger charge is -2.31. The zero-order valence-electron chi connectivity index (χ0n) is 19.5. The van der Waals surface area contributed by atoms with Crippen molar-refractivity contribution < 1.29 is 45.4 Å². The molecule has 2 unspecified atom stereocenters. The highest BCUT2D eigenvalue weighted by atomic mass is 19.4. The average molecular weight is 537 g/mol. The number of alkyl halides is 6. The van der Waals surface area contributed by atoms with Gasteiger partial charge in [-0.05, 0) is 44.1 Å². The number of amides is 1. The molecular weight excluding hydrogens is 512 g/mol. The van der Waals surface area contributed by atoms with Gasteiger partial charge in [0.1, 0.15) is 5.69 Å². The minimum Gasteiger partial charge on any atom is -0.416 e. The largest absolute Gasteiger partial charge is 0.426 e. The molecule has 37 heavy (non-hydrogen) atoms. The highest BCUT2D eigenvalue weighted by Crippen LogP contribution is 2.43. The van der Waals surface area contributed by atoms with Gasteiger partial charge in [0.05, 0.1) is 17.9 Å². The fraction of sp³-hybridized carbons (Fsp3) is 0.636. The molecule has 0 spiro atoms. The number of pyridine rings is 1. The molecule has 0 aliphatic carbocycles. The highest BCUT2D eigenvalue weighted by Gasteiger charge is 2.58. The van der Waals surface area contributed by atoms with Crippen LogP contribution in [0.5, 0.6) is 0 Å². The molecule has 2 aliphatic heterocycles. The average Bonchev–Trinajstić information content (AvgIpc) is 3.32. The lowest BCUT2D eigenvalue weighted by atomic mass is 9.95. The maximum absolute atomic E-state index is 13.9. The van der Waals surface area contributed by atoms with Crippen molar-refractivity contribution in [1.82, 2.24) is 20.1 Å². The third-order valence-electron chi connectivity index (χ3n) is 6.50. The summed E-state index contributed by atoms with van der Waals surface area (Å²) < 4.78 is 93.6. The van der Waals surface area contributed by atoms with Crippen molar-refractivity contribution in [1.29, 1.82) is 0 Å². The molecule has 4 bridgehead atoms. The molecule has 2 aromatic heterocycles. The van der Waals surface area contributed by atoms with E-state index in [0.717, 1.165) is 6.42 Å². The molecule has 15 heteroatoms. The Bertz CT molecular complexity index is 1130. The predicted octanol–water partition coefficient (Wildman–Crippen LogP) is 3.93. The van der Waals surface area contributed by atoms with Gasteiger partial charge in [0.2, 0.25) is 5.60 Å². The summed E-state index contributed by atoms with van der Waals surface area (Å²) in [5.74, 6) is -3.10. The Morgan fingerprint density at radius 2 is 1.86 bits per heavy atom. The Hall–Kier alpha value is -2.94. The van der Waals surface area contributed by atoms with E-state index in [1.807, 2.05) is 0 Å². The molecule has 4 heterocycles. The van der Waals surface area contributed by atoms with Gasteiger partial charge in [0.25, 0.3) is 17.7 Å². The molecule has 2 aromatic rings. The molecule has 204 valence electrons. The van der Waals surface area contributed by atoms with Crippen LogP contribution in [0.4, 0.5) is 32.0 Å². The summed E-state index contributed by atoms with van der Waals surface area (Å²) in [7, 11) is 0. The molecule has 3 N–H and O–H groups in total. The summed E-state index contributed by atoms with van der Waals surface area (Å²) in [4.78, 5) is 18.4. The first-order valence-corrected chi connectivity index (χ1v) is 11.7. The zero-order valence-corrected chi connectivity index (χ0v) is 19.5. The van der Waals surface area contributed by atoms with Crippen molar-refractivity contribution in [3.8, 4) is 11.6 Å². The van der Waals surface area contributed by atoms with E-state index < -0.39 is 64.7 Å². The summed E-state index contributed by atoms with van der Waals surface area (Å²) >= 11 is 0. The number of anilines is 1. The van der Waals surface area contributed by atoms with E-state index >= 15 is 0 Å². The van der Waals surface area contributed by atoms with Gasteiger partial charge in [-0.2, -0.15) is 26.3 Å². The van der Waals surface area contributed by atoms with Crippen LogP contribution in [-0.4, -0.2) is 63.6 Å². The molecule has 2 atom stereocenters. The van der Waals surface area contributed by atoms with Crippen LogP contribution in [0.25, 0.3) is 11.6 Å². The number of halogens is 6. The first-order chi connectivity index (χ1) is 17.3. The monoisotopic (exact) mass is 537 g/mol. The molecule has 1 fully saturated rings. The second-order valence-corrected chi connectivity index (χ2v) is 9.24. The van der Waals surface area contributed by atoms with Gasteiger partial charge in [-0.3, -0.25) is 4.79 Å². The second kappa shape index (κ2) is 10.1. The van der Waals surface area contributed by atoms with Crippen LogP contribution >= 0.6 is 0 Å². The molecule has 0 radical (unpaired) electrons. The first kappa shape index (κ1) is 27.1. The molecule has 1 amide bonds. The van der Waals surface area contributed by atoms with Crippen molar-refractivity contribution in [3.63, 3.8) is 0 Å². The fourth-order valence-corrected chi connectivity index (χ4v) is 4.48. The van der Waals surface area contributed by atoms with E-state index in [-0.39, 0.29) is 38.3 Å². The SMILES string of the molecule is Nc1cc(C(F)(F)F)c2nc1-c1nnc(o1)C(O)(C(F)(F)F)CCCCCN(CC1CCCOC1)C2=O. The zero-order chi connectivity index (χ0) is 27.0. The van der Waals surface area contributed by atoms with Gasteiger partial charge >= 0.3 is 12.4 Å². The smallest absolute Gasteiger partial charge is 0.416 e. The maximum Gasteiger partial charge on any atom is 0.426 e. The van der Waals surface area contributed by atoms with Gasteiger partial charge in [0, 0.05) is 19.7 Å². The molecule has 2 aliphatic rings. The van der Waals surface area contributed by atoms with E-state index in [4.69, 9.17) is 14.9 Å². The van der Waals surface area contributed by atoms with Crippen LogP contribution in [0.3, 0.4) is 0 Å². The van der Waals surface area contributed by atoms with Crippen LogP contribution in [0.15, 0.2) is 10.5 Å². The highest BCUT2D eigenvalue weighted by molar-refractivity contribution is 5.95. The lowest BCUT2D eigenvalue weighted by Crippen LogP contribution is -2.42. The van der Waals surface area contributed by atoms with Gasteiger partial charge in [0.15, 0.2) is 5.69 Å². The van der Waals surface area contributed by atoms with E-state index in [9.17, 15) is 36.2 Å². The number of fused-ring (bicyclic) bond motifs is 5. The molecule has 0 saturated carbocycles. The van der Waals surface area contributed by atoms with Crippen LogP contribution in [0.2, 0.25) is 0 Å². The lowest BCUT2D eigenvalue weighted by molar-refractivity contribution is -0.277. The molecule has 0 aromatic carbocycles. The molecule has 9 nitrogen and oxygen atoms in total. The number of aliphatic hydroxyl groups is 1. The van der Waals surface area contributed by atoms with Gasteiger partial charge in [-0.1, -0.05) is 6.42 Å². The van der Waals surface area contributed by atoms with Crippen molar-refractivity contribution >= 4 is 11.6 Å². The van der Waals surface area contributed by atoms with Crippen molar-refractivity contribution in [2.45, 2.75) is 56.5 Å². The fourth-order valence-electron chi connectivity index (χ4n) is 4.48. The van der Waals surface area contributed by atoms with E-state index in [0.29, 0.717) is 25.7 Å². The van der Waals surface area contributed by atoms with Crippen LogP contribution in [-0.2, 0) is 16.5 Å². The topological polar surface area (TPSA) is 128 Å². The van der Waals surface area contributed by atoms with Crippen molar-refractivity contribution in [2.24, 2.45) is 5.92 Å². The molecule has 4 rings (SSSR count). The Morgan fingerprint density at radius 3 is 2.51 bits per heavy atom. The quantitative estimate of drug-likeness (QED) is 0.552. The Kier molecular flexibility index (Phi) is 7.38. The normalized spacial score (nSPS) is 24.1. The van der Waals surface area contributed by atoms with Crippen molar-refractivity contribution in [3.05, 3.63) is 23.2 Å². The Morgan fingerprint density at radius 1 is 1.11 bits per heavy atom. The number of aromatic nitrogens is 3. The van der Waals surface area contributed by atoms with Gasteiger partial charge in [-0.15, -0.1) is 10.2 Å². The third-order valence-corrected chi connectivity index (χ3v) is 6.50. The summed E-state index contributed by atoms with van der Waals surface area (Å²) in [6, 6.07) is 0.461. The predicted molar refractivity (Wildman–Crippen MR) is 115 cm³/mol. The van der Waals surface area contributed by atoms with Gasteiger partial charge < -0.3 is 24.9 Å². The van der Waals surface area contributed by atoms with Crippen LogP contribution < -0.4 is 5.73 Å². The number of nitrogens with zero attached hydrogens (tertiary/aromatic N) is 4. The standard InChI is InChI=1S/C22H25F6N5O4/c23-21(24,25)13-9-14(29)16-17-31-32-19(37-17)20(35,22(26,27)28)6-2-1-3-7-33(18(34)15(13)30-16)10-12-5-4-8-36-11-12/h9,12,35H,1-8,10-11,29H2. The maximum atomic E-state index is 13.9. The third kappa shape index (κ3) is 5.51. The number of hydrogen-bond acceptors (Lipinski definition) is 8. The number of nitrogens with two attached hydrogens (primary N) is 1. The molecule has 1 saturated heterocycles. The summed E-state index contributed by atoms with van der Waals surface area (Å²) in [5.41, 5.74) is -1.38. The summed E-state index contributed by atoms with van der Waals surface area (Å²) in [6.45, 7) is 0.908. The Labute approximate surface area is 207 Å². The summed E-state index contributed by atoms with van der Waals surface area (Å²) in [6.07, 6.45) is -9.40. The Balaban J connectivity index is 1.83. The van der Waals surface area contributed by atoms with Gasteiger partial charge in [-0.25, -0.2) is 4.98 Å². The summed E-state index contributed by atoms with van der Waals surface area (Å²) in [5, 5.41) is 17.2. The van der Waals surface area contributed by atoms with Crippen LogP contribution in [0.1, 0.15) is 60.5 Å². The minimum absolute atomic E-state index is 0.0309. The number of nitrogen functional groups attached to an aromatic ring is 1. The second-order valence-electron chi connectivity index (χ2n) is 9.24. The van der Waals surface area contributed by atoms with Crippen molar-refractivity contribution in [2.75, 3.05) is 32.0 Å². The number of carbonyl (C=O) groups excluding carboxylic acids is 1. The first-order valence-electron chi connectivity index (χ1n) is 11.7. The molecular formula is C22H25F6N5O4. The van der Waals surface area contributed by atoms with E-state index in [1.54, 1.807) is 0 Å². The van der Waals surface area contributed by atoms with Crippen LogP contribution in [0, 0.1) is 5.92 Å². The number of ether oxygens (including phenoxy) is 1. The van der Waals surface area contributed by atoms with E-state index in [1.165, 1.54) is 4.90 Å². The van der Waals surface area contributed by atoms with E-state index in [2.05, 4.69) is 15.2 Å². The number of carbonyl (C=O) groups is 1.